The number of morpholine rings is 1. The molecule has 3 heterocycles. The molecule has 0 radical (unpaired) electrons. The van der Waals surface area contributed by atoms with Crippen LogP contribution < -0.4 is 5.32 Å². The highest BCUT2D eigenvalue weighted by molar-refractivity contribution is 7.84. The topological polar surface area (TPSA) is 79.0 Å². The van der Waals surface area contributed by atoms with E-state index in [0.717, 1.165) is 30.8 Å². The molecule has 7 nitrogen and oxygen atoms in total. The maximum Gasteiger partial charge on any atom is 0.320 e. The van der Waals surface area contributed by atoms with Gasteiger partial charge in [-0.15, -0.1) is 0 Å². The van der Waals surface area contributed by atoms with Crippen LogP contribution >= 0.6 is 0 Å². The fraction of sp³-hybridized carbons (Fsp3) is 0.636. The molecule has 5 rings (SSSR count). The van der Waals surface area contributed by atoms with E-state index in [1.54, 1.807) is 6.26 Å². The van der Waals surface area contributed by atoms with Crippen molar-refractivity contribution in [3.63, 3.8) is 0 Å². The Morgan fingerprint density at radius 1 is 1.23 bits per heavy atom. The fourth-order valence-corrected chi connectivity index (χ4v) is 6.21. The number of hydrogen-bond acceptors (Lipinski definition) is 4. The van der Waals surface area contributed by atoms with Crippen LogP contribution in [-0.2, 0) is 26.8 Å². The van der Waals surface area contributed by atoms with Crippen molar-refractivity contribution in [3.05, 3.63) is 29.8 Å². The quantitative estimate of drug-likeness (QED) is 0.785. The van der Waals surface area contributed by atoms with Crippen molar-refractivity contribution in [2.45, 2.75) is 42.7 Å². The number of fused-ring (bicyclic) bond motifs is 1. The van der Waals surface area contributed by atoms with Crippen molar-refractivity contribution >= 4 is 22.7 Å². The maximum atomic E-state index is 12.9. The largest absolute Gasteiger partial charge is 0.366 e. The van der Waals surface area contributed by atoms with E-state index in [1.807, 2.05) is 21.9 Å². The van der Waals surface area contributed by atoms with Crippen molar-refractivity contribution in [1.82, 2.24) is 15.1 Å². The lowest BCUT2D eigenvalue weighted by Gasteiger charge is -2.60. The molecule has 8 heteroatoms. The zero-order chi connectivity index (χ0) is 20.9. The van der Waals surface area contributed by atoms with Gasteiger partial charge in [-0.05, 0) is 49.3 Å². The second kappa shape index (κ2) is 7.64. The van der Waals surface area contributed by atoms with Crippen LogP contribution in [0.1, 0.15) is 24.8 Å². The molecule has 3 aliphatic heterocycles. The Balaban J connectivity index is 1.08. The van der Waals surface area contributed by atoms with Crippen molar-refractivity contribution < 1.29 is 18.5 Å². The van der Waals surface area contributed by atoms with Gasteiger partial charge in [-0.2, -0.15) is 0 Å². The second-order valence-electron chi connectivity index (χ2n) is 9.47. The molecule has 1 aliphatic carbocycles. The summed E-state index contributed by atoms with van der Waals surface area (Å²) in [6.07, 6.45) is 5.92. The van der Waals surface area contributed by atoms with Crippen LogP contribution in [0.15, 0.2) is 29.2 Å². The summed E-state index contributed by atoms with van der Waals surface area (Å²) in [6, 6.07) is 8.14. The first-order chi connectivity index (χ1) is 14.4. The van der Waals surface area contributed by atoms with Crippen molar-refractivity contribution in [3.8, 4) is 0 Å². The highest BCUT2D eigenvalue weighted by Crippen LogP contribution is 2.53. The number of urea groups is 1. The van der Waals surface area contributed by atoms with Gasteiger partial charge in [-0.25, -0.2) is 4.79 Å². The predicted molar refractivity (Wildman–Crippen MR) is 112 cm³/mol. The summed E-state index contributed by atoms with van der Waals surface area (Å²) in [7, 11) is -0.927. The lowest BCUT2D eigenvalue weighted by atomic mass is 9.56. The van der Waals surface area contributed by atoms with Crippen LogP contribution in [0.3, 0.4) is 0 Å². The van der Waals surface area contributed by atoms with E-state index in [1.165, 1.54) is 18.4 Å². The summed E-state index contributed by atoms with van der Waals surface area (Å²) in [5.74, 6) is 0.581. The van der Waals surface area contributed by atoms with E-state index in [9.17, 15) is 13.8 Å². The average Bonchev–Trinajstić information content (AvgIpc) is 2.68. The SMILES string of the molecule is CS(=O)c1ccc(CC2CC3(C2)CN(C(=O)N2CC[C@@H]4OCC(=O)N[C@@H]4C2)C3)cc1. The summed E-state index contributed by atoms with van der Waals surface area (Å²) in [5.41, 5.74) is 1.61. The maximum absolute atomic E-state index is 12.9. The molecule has 3 amide bonds. The van der Waals surface area contributed by atoms with E-state index < -0.39 is 10.8 Å². The normalized spacial score (nSPS) is 28.9. The zero-order valence-electron chi connectivity index (χ0n) is 17.3. The number of nitrogens with zero attached hydrogens (tertiary/aromatic N) is 2. The van der Waals surface area contributed by atoms with Crippen molar-refractivity contribution in [2.24, 2.45) is 11.3 Å². The Bertz CT molecular complexity index is 860. The number of piperidine rings is 1. The summed E-state index contributed by atoms with van der Waals surface area (Å²) in [6.45, 7) is 3.07. The number of nitrogens with one attached hydrogen (secondary N) is 1. The van der Waals surface area contributed by atoms with Gasteiger partial charge < -0.3 is 19.9 Å². The highest BCUT2D eigenvalue weighted by Gasteiger charge is 2.54. The van der Waals surface area contributed by atoms with Gasteiger partial charge in [-0.3, -0.25) is 9.00 Å². The van der Waals surface area contributed by atoms with Crippen molar-refractivity contribution in [2.75, 3.05) is 39.0 Å². The van der Waals surface area contributed by atoms with E-state index >= 15 is 0 Å². The molecule has 1 saturated carbocycles. The average molecular weight is 432 g/mol. The molecule has 4 fully saturated rings. The van der Waals surface area contributed by atoms with Crippen LogP contribution in [0.2, 0.25) is 0 Å². The Hall–Kier alpha value is -1.93. The van der Waals surface area contributed by atoms with E-state index in [2.05, 4.69) is 17.4 Å². The minimum atomic E-state index is -0.927. The van der Waals surface area contributed by atoms with Gasteiger partial charge in [0.05, 0.1) is 12.1 Å². The van der Waals surface area contributed by atoms with Gasteiger partial charge in [0.2, 0.25) is 5.91 Å². The van der Waals surface area contributed by atoms with Crippen LogP contribution in [0.4, 0.5) is 4.79 Å². The second-order valence-corrected chi connectivity index (χ2v) is 10.9. The predicted octanol–water partition coefficient (Wildman–Crippen LogP) is 1.39. The Morgan fingerprint density at radius 2 is 1.97 bits per heavy atom. The molecule has 3 atom stereocenters. The molecule has 1 spiro atoms. The number of benzene rings is 1. The number of ether oxygens (including phenoxy) is 1. The first kappa shape index (κ1) is 20.0. The van der Waals surface area contributed by atoms with Crippen molar-refractivity contribution in [1.29, 1.82) is 0 Å². The number of carbonyl (C=O) groups excluding carboxylic acids is 2. The zero-order valence-corrected chi connectivity index (χ0v) is 18.2. The third kappa shape index (κ3) is 3.75. The first-order valence-corrected chi connectivity index (χ1v) is 12.3. The summed E-state index contributed by atoms with van der Waals surface area (Å²) < 4.78 is 17.1. The van der Waals surface area contributed by atoms with Crippen LogP contribution in [0, 0.1) is 11.3 Å². The van der Waals surface area contributed by atoms with E-state index in [4.69, 9.17) is 4.74 Å². The van der Waals surface area contributed by atoms with Gasteiger partial charge in [0.1, 0.15) is 6.61 Å². The number of amides is 3. The third-order valence-electron chi connectivity index (χ3n) is 7.14. The van der Waals surface area contributed by atoms with E-state index in [-0.39, 0.29) is 30.7 Å². The van der Waals surface area contributed by atoms with Gasteiger partial charge in [0.15, 0.2) is 0 Å². The Morgan fingerprint density at radius 3 is 2.67 bits per heavy atom. The van der Waals surface area contributed by atoms with Gasteiger partial charge >= 0.3 is 6.03 Å². The minimum Gasteiger partial charge on any atom is -0.366 e. The molecule has 4 aliphatic rings. The van der Waals surface area contributed by atoms with Crippen LogP contribution in [-0.4, -0.2) is 77.1 Å². The summed E-state index contributed by atoms with van der Waals surface area (Å²) >= 11 is 0. The Labute approximate surface area is 179 Å². The van der Waals surface area contributed by atoms with Crippen LogP contribution in [0.5, 0.6) is 0 Å². The monoisotopic (exact) mass is 431 g/mol. The first-order valence-electron chi connectivity index (χ1n) is 10.8. The van der Waals surface area contributed by atoms with Gasteiger partial charge in [0.25, 0.3) is 0 Å². The minimum absolute atomic E-state index is 0.0354. The van der Waals surface area contributed by atoms with Gasteiger partial charge in [0, 0.05) is 53.5 Å². The number of rotatable bonds is 3. The number of hydrogen-bond donors (Lipinski definition) is 1. The molecule has 1 aromatic rings. The molecule has 162 valence electrons. The van der Waals surface area contributed by atoms with Gasteiger partial charge in [-0.1, -0.05) is 12.1 Å². The molecule has 0 aromatic heterocycles. The summed E-state index contributed by atoms with van der Waals surface area (Å²) in [4.78, 5) is 29.2. The molecule has 1 N–H and O–H groups in total. The lowest BCUT2D eigenvalue weighted by Crippen LogP contribution is -2.68. The Kier molecular flexibility index (Phi) is 5.09. The molecule has 30 heavy (non-hydrogen) atoms. The molecular weight excluding hydrogens is 402 g/mol. The highest BCUT2D eigenvalue weighted by atomic mass is 32.2. The molecule has 1 aromatic carbocycles. The standard InChI is InChI=1S/C22H29N3O4S/c1-30(28)17-4-2-15(3-5-17)8-16-9-22(10-16)13-25(14-22)21(27)24-7-6-19-18(11-24)23-20(26)12-29-19/h2-5,16,18-19H,6-14H2,1H3,(H,23,26)/t18-,19+,30?/m1/s1. The smallest absolute Gasteiger partial charge is 0.320 e. The summed E-state index contributed by atoms with van der Waals surface area (Å²) in [5, 5.41) is 2.96. The number of carbonyl (C=O) groups is 2. The molecule has 1 unspecified atom stereocenters. The van der Waals surface area contributed by atoms with E-state index in [0.29, 0.717) is 24.4 Å². The lowest BCUT2D eigenvalue weighted by molar-refractivity contribution is -0.140. The molecular formula is C22H29N3O4S. The van der Waals surface area contributed by atoms with Crippen LogP contribution in [0.25, 0.3) is 0 Å². The molecule has 0 bridgehead atoms. The molecule has 3 saturated heterocycles. The number of likely N-dealkylation sites (tertiary alicyclic amines) is 2. The fourth-order valence-electron chi connectivity index (χ4n) is 5.69. The third-order valence-corrected chi connectivity index (χ3v) is 8.08.